The van der Waals surface area contributed by atoms with Gasteiger partial charge in [-0.25, -0.2) is 4.98 Å². The summed E-state index contributed by atoms with van der Waals surface area (Å²) in [6, 6.07) is 16.6. The number of rotatable bonds is 5. The molecule has 0 unspecified atom stereocenters. The van der Waals surface area contributed by atoms with Crippen LogP contribution in [0.2, 0.25) is 0 Å². The molecule has 1 amide bonds. The minimum absolute atomic E-state index is 0.0366. The number of anilines is 1. The molecule has 1 aliphatic carbocycles. The third kappa shape index (κ3) is 3.62. The van der Waals surface area contributed by atoms with Crippen molar-refractivity contribution in [1.82, 2.24) is 19.7 Å². The third-order valence-corrected chi connectivity index (χ3v) is 5.57. The molecule has 144 valence electrons. The molecule has 0 atom stereocenters. The van der Waals surface area contributed by atoms with Crippen LogP contribution in [0.5, 0.6) is 0 Å². The molecule has 0 spiro atoms. The Morgan fingerprint density at radius 2 is 1.93 bits per heavy atom. The smallest absolute Gasteiger partial charge is 0.252 e. The van der Waals surface area contributed by atoms with E-state index in [1.54, 1.807) is 17.4 Å². The summed E-state index contributed by atoms with van der Waals surface area (Å²) in [6.45, 7) is 0. The molecule has 0 bridgehead atoms. The molecule has 0 radical (unpaired) electrons. The van der Waals surface area contributed by atoms with Gasteiger partial charge in [0.2, 0.25) is 11.9 Å². The number of benzene rings is 1. The molecule has 1 saturated carbocycles. The number of thiophene rings is 1. The molecular formula is C21H17N5O2S. The van der Waals surface area contributed by atoms with Crippen LogP contribution >= 0.6 is 11.3 Å². The lowest BCUT2D eigenvalue weighted by Gasteiger charge is -2.09. The summed E-state index contributed by atoms with van der Waals surface area (Å²) in [7, 11) is 0. The van der Waals surface area contributed by atoms with E-state index in [1.807, 2.05) is 47.8 Å². The third-order valence-electron chi connectivity index (χ3n) is 4.68. The molecule has 0 aliphatic heterocycles. The van der Waals surface area contributed by atoms with Crippen molar-refractivity contribution in [2.75, 3.05) is 5.32 Å². The van der Waals surface area contributed by atoms with Gasteiger partial charge in [-0.3, -0.25) is 14.6 Å². The quantitative estimate of drug-likeness (QED) is 0.531. The highest BCUT2D eigenvalue weighted by atomic mass is 32.1. The Morgan fingerprint density at radius 3 is 2.66 bits per heavy atom. The van der Waals surface area contributed by atoms with E-state index >= 15 is 0 Å². The number of amides is 1. The van der Waals surface area contributed by atoms with E-state index in [4.69, 9.17) is 0 Å². The number of aromatic nitrogens is 4. The number of hydrogen-bond donors (Lipinski definition) is 2. The summed E-state index contributed by atoms with van der Waals surface area (Å²) < 4.78 is 1.49. The number of carbonyl (C=O) groups excluding carboxylic acids is 1. The van der Waals surface area contributed by atoms with Gasteiger partial charge in [0.25, 0.3) is 5.56 Å². The van der Waals surface area contributed by atoms with Crippen molar-refractivity contribution in [2.45, 2.75) is 12.8 Å². The fourth-order valence-corrected chi connectivity index (χ4v) is 3.73. The summed E-state index contributed by atoms with van der Waals surface area (Å²) in [5.41, 5.74) is 1.78. The Bertz CT molecular complexity index is 1220. The lowest BCUT2D eigenvalue weighted by molar-refractivity contribution is -0.117. The largest absolute Gasteiger partial charge is 0.310 e. The first kappa shape index (κ1) is 17.6. The van der Waals surface area contributed by atoms with Gasteiger partial charge in [0.05, 0.1) is 10.6 Å². The molecule has 4 aromatic rings. The zero-order chi connectivity index (χ0) is 19.8. The highest BCUT2D eigenvalue weighted by molar-refractivity contribution is 7.13. The minimum Gasteiger partial charge on any atom is -0.310 e. The first-order valence-electron chi connectivity index (χ1n) is 9.29. The molecule has 2 N–H and O–H groups in total. The van der Waals surface area contributed by atoms with Crippen molar-refractivity contribution < 1.29 is 4.79 Å². The van der Waals surface area contributed by atoms with Crippen molar-refractivity contribution >= 4 is 23.1 Å². The fourth-order valence-electron chi connectivity index (χ4n) is 3.05. The Morgan fingerprint density at radius 1 is 1.10 bits per heavy atom. The second-order valence-corrected chi connectivity index (χ2v) is 7.84. The summed E-state index contributed by atoms with van der Waals surface area (Å²) in [5, 5.41) is 9.51. The van der Waals surface area contributed by atoms with Crippen LogP contribution in [0.4, 0.5) is 5.82 Å². The number of H-pyrrole nitrogens is 1. The Hall–Kier alpha value is -3.52. The van der Waals surface area contributed by atoms with Crippen molar-refractivity contribution in [3.05, 3.63) is 70.3 Å². The minimum atomic E-state index is -0.290. The highest BCUT2D eigenvalue weighted by Gasteiger charge is 2.30. The first-order chi connectivity index (χ1) is 14.2. The Balaban J connectivity index is 1.61. The van der Waals surface area contributed by atoms with E-state index in [2.05, 4.69) is 20.4 Å². The average Bonchev–Trinajstić information content (AvgIpc) is 3.28. The second-order valence-electron chi connectivity index (χ2n) is 6.89. The van der Waals surface area contributed by atoms with Crippen LogP contribution in [0.1, 0.15) is 12.8 Å². The Labute approximate surface area is 170 Å². The van der Waals surface area contributed by atoms with Crippen LogP contribution in [-0.4, -0.2) is 25.7 Å². The molecular weight excluding hydrogens is 386 g/mol. The molecule has 0 saturated heterocycles. The van der Waals surface area contributed by atoms with Crippen molar-refractivity contribution in [2.24, 2.45) is 5.92 Å². The summed E-state index contributed by atoms with van der Waals surface area (Å²) in [4.78, 5) is 33.0. The van der Waals surface area contributed by atoms with Gasteiger partial charge in [0.15, 0.2) is 0 Å². The van der Waals surface area contributed by atoms with E-state index in [9.17, 15) is 9.59 Å². The van der Waals surface area contributed by atoms with Crippen LogP contribution in [-0.2, 0) is 4.79 Å². The van der Waals surface area contributed by atoms with Gasteiger partial charge in [-0.1, -0.05) is 36.4 Å². The highest BCUT2D eigenvalue weighted by Crippen LogP contribution is 2.32. The van der Waals surface area contributed by atoms with Crippen molar-refractivity contribution in [3.63, 3.8) is 0 Å². The topological polar surface area (TPSA) is 92.7 Å². The fraction of sp³-hybridized carbons (Fsp3) is 0.143. The zero-order valence-electron chi connectivity index (χ0n) is 15.3. The molecule has 1 aliphatic rings. The molecule has 29 heavy (non-hydrogen) atoms. The van der Waals surface area contributed by atoms with Crippen LogP contribution in [0.15, 0.2) is 64.8 Å². The maximum Gasteiger partial charge on any atom is 0.252 e. The molecule has 7 nitrogen and oxygen atoms in total. The maximum absolute atomic E-state index is 12.4. The van der Waals surface area contributed by atoms with E-state index in [0.29, 0.717) is 17.2 Å². The van der Waals surface area contributed by atoms with Gasteiger partial charge < -0.3 is 5.32 Å². The second kappa shape index (κ2) is 7.14. The SMILES string of the molecule is O=C(Nc1cc(-c2cccs2)nn1-c1nc(-c2ccccc2)cc(=O)[nH]1)C1CC1. The first-order valence-corrected chi connectivity index (χ1v) is 10.2. The molecule has 3 heterocycles. The van der Waals surface area contributed by atoms with E-state index in [1.165, 1.54) is 10.7 Å². The molecule has 5 rings (SSSR count). The standard InChI is InChI=1S/C21H17N5O2S/c27-19-12-15(13-5-2-1-3-6-13)22-21(24-19)26-18(23-20(28)14-8-9-14)11-16(25-26)17-7-4-10-29-17/h1-7,10-12,14H,8-9H2,(H,23,28)(H,22,24,27). The summed E-state index contributed by atoms with van der Waals surface area (Å²) in [5.74, 6) is 0.751. The zero-order valence-corrected chi connectivity index (χ0v) is 16.1. The molecule has 1 aromatic carbocycles. The lowest BCUT2D eigenvalue weighted by Crippen LogP contribution is -2.19. The summed E-state index contributed by atoms with van der Waals surface area (Å²) in [6.07, 6.45) is 1.80. The van der Waals surface area contributed by atoms with Crippen molar-refractivity contribution in [3.8, 4) is 27.8 Å². The number of aromatic amines is 1. The van der Waals surface area contributed by atoms with Gasteiger partial charge in [-0.2, -0.15) is 9.78 Å². The van der Waals surface area contributed by atoms with Crippen LogP contribution in [0, 0.1) is 5.92 Å². The lowest BCUT2D eigenvalue weighted by atomic mass is 10.1. The van der Waals surface area contributed by atoms with Gasteiger partial charge in [0.1, 0.15) is 11.5 Å². The summed E-state index contributed by atoms with van der Waals surface area (Å²) >= 11 is 1.55. The average molecular weight is 403 g/mol. The number of nitrogens with zero attached hydrogens (tertiary/aromatic N) is 3. The van der Waals surface area contributed by atoms with Gasteiger partial charge in [-0.05, 0) is 24.3 Å². The van der Waals surface area contributed by atoms with Gasteiger partial charge in [0, 0.05) is 23.6 Å². The van der Waals surface area contributed by atoms with Crippen LogP contribution in [0.25, 0.3) is 27.8 Å². The van der Waals surface area contributed by atoms with Crippen LogP contribution in [0.3, 0.4) is 0 Å². The van der Waals surface area contributed by atoms with E-state index in [0.717, 1.165) is 23.3 Å². The van der Waals surface area contributed by atoms with Crippen LogP contribution < -0.4 is 10.9 Å². The molecule has 1 fully saturated rings. The monoisotopic (exact) mass is 403 g/mol. The van der Waals surface area contributed by atoms with E-state index in [-0.39, 0.29) is 23.3 Å². The Kier molecular flexibility index (Phi) is 4.33. The van der Waals surface area contributed by atoms with Gasteiger partial charge in [-0.15, -0.1) is 11.3 Å². The normalized spacial score (nSPS) is 13.4. The molecule has 3 aromatic heterocycles. The van der Waals surface area contributed by atoms with Crippen molar-refractivity contribution in [1.29, 1.82) is 0 Å². The number of carbonyl (C=O) groups is 1. The predicted octanol–water partition coefficient (Wildman–Crippen LogP) is 3.70. The van der Waals surface area contributed by atoms with E-state index < -0.39 is 0 Å². The number of nitrogens with one attached hydrogen (secondary N) is 2. The molecule has 8 heteroatoms. The van der Waals surface area contributed by atoms with Gasteiger partial charge >= 0.3 is 0 Å². The maximum atomic E-state index is 12.4. The predicted molar refractivity (Wildman–Crippen MR) is 112 cm³/mol. The number of hydrogen-bond acceptors (Lipinski definition) is 5.